The molecule has 2 aromatic heterocycles. The van der Waals surface area contributed by atoms with E-state index in [2.05, 4.69) is 29.0 Å². The predicted molar refractivity (Wildman–Crippen MR) is 80.1 cm³/mol. The molecule has 1 fully saturated rings. The van der Waals surface area contributed by atoms with E-state index in [-0.39, 0.29) is 16.3 Å². The van der Waals surface area contributed by atoms with Gasteiger partial charge in [0.15, 0.2) is 10.8 Å². The zero-order chi connectivity index (χ0) is 15.3. The molecule has 7 nitrogen and oxygen atoms in total. The van der Waals surface area contributed by atoms with Crippen molar-refractivity contribution in [3.8, 4) is 0 Å². The number of hydrogen-bond acceptors (Lipinski definition) is 5. The van der Waals surface area contributed by atoms with Gasteiger partial charge in [-0.1, -0.05) is 19.9 Å². The van der Waals surface area contributed by atoms with E-state index in [4.69, 9.17) is 5.84 Å². The van der Waals surface area contributed by atoms with E-state index < -0.39 is 10.0 Å². The lowest BCUT2D eigenvalue weighted by Gasteiger charge is -2.09. The second-order valence-electron chi connectivity index (χ2n) is 6.08. The van der Waals surface area contributed by atoms with Crippen LogP contribution >= 0.6 is 0 Å². The van der Waals surface area contributed by atoms with Crippen LogP contribution in [-0.2, 0) is 10.0 Å². The number of nitrogens with zero attached hydrogens (tertiary/aromatic N) is 2. The van der Waals surface area contributed by atoms with Crippen LogP contribution in [0.25, 0.3) is 5.65 Å². The van der Waals surface area contributed by atoms with Crippen molar-refractivity contribution in [1.29, 1.82) is 0 Å². The van der Waals surface area contributed by atoms with Crippen molar-refractivity contribution in [3.05, 3.63) is 24.4 Å². The molecule has 3 rings (SSSR count). The summed E-state index contributed by atoms with van der Waals surface area (Å²) in [5, 5.41) is 0.0408. The lowest BCUT2D eigenvalue weighted by Crippen LogP contribution is -2.29. The average molecular weight is 309 g/mol. The summed E-state index contributed by atoms with van der Waals surface area (Å²) in [6.45, 7) is 4.69. The van der Waals surface area contributed by atoms with Gasteiger partial charge in [-0.2, -0.15) is 0 Å². The van der Waals surface area contributed by atoms with Crippen LogP contribution in [-0.4, -0.2) is 24.3 Å². The van der Waals surface area contributed by atoms with Crippen LogP contribution in [0.5, 0.6) is 0 Å². The first-order chi connectivity index (χ1) is 9.85. The summed E-state index contributed by atoms with van der Waals surface area (Å²) in [6.07, 6.45) is 2.68. The molecule has 2 heterocycles. The van der Waals surface area contributed by atoms with Gasteiger partial charge in [0.05, 0.1) is 0 Å². The molecular formula is C13H19N5O2S. The molecule has 0 radical (unpaired) electrons. The fourth-order valence-corrected chi connectivity index (χ4v) is 3.86. The minimum absolute atomic E-state index is 0.0408. The Balaban J connectivity index is 1.94. The van der Waals surface area contributed by atoms with Crippen molar-refractivity contribution in [1.82, 2.24) is 14.1 Å². The first kappa shape index (κ1) is 14.3. The first-order valence-electron chi connectivity index (χ1n) is 6.78. The number of rotatable bonds is 5. The maximum absolute atomic E-state index is 12.6. The molecule has 0 aromatic carbocycles. The van der Waals surface area contributed by atoms with E-state index >= 15 is 0 Å². The number of hydrazine groups is 1. The van der Waals surface area contributed by atoms with Gasteiger partial charge in [-0.25, -0.2) is 24.0 Å². The third-order valence-electron chi connectivity index (χ3n) is 4.11. The highest BCUT2D eigenvalue weighted by Crippen LogP contribution is 2.51. The van der Waals surface area contributed by atoms with Gasteiger partial charge in [-0.15, -0.1) is 0 Å². The zero-order valence-electron chi connectivity index (χ0n) is 12.0. The van der Waals surface area contributed by atoms with E-state index in [9.17, 15) is 8.42 Å². The van der Waals surface area contributed by atoms with Gasteiger partial charge in [0.2, 0.25) is 0 Å². The number of pyridine rings is 1. The van der Waals surface area contributed by atoms with Gasteiger partial charge < -0.3 is 5.43 Å². The number of sulfonamides is 1. The highest BCUT2D eigenvalue weighted by Gasteiger charge is 2.45. The van der Waals surface area contributed by atoms with Crippen LogP contribution in [0.15, 0.2) is 29.4 Å². The Kier molecular flexibility index (Phi) is 3.19. The Morgan fingerprint density at radius 1 is 1.48 bits per heavy atom. The smallest absolute Gasteiger partial charge is 0.260 e. The van der Waals surface area contributed by atoms with E-state index in [1.54, 1.807) is 24.4 Å². The van der Waals surface area contributed by atoms with Crippen molar-refractivity contribution in [2.75, 3.05) is 12.0 Å². The molecule has 1 atom stereocenters. The quantitative estimate of drug-likeness (QED) is 0.564. The molecule has 114 valence electrons. The summed E-state index contributed by atoms with van der Waals surface area (Å²) in [4.78, 5) is 4.18. The van der Waals surface area contributed by atoms with Crippen LogP contribution in [0, 0.1) is 11.3 Å². The minimum atomic E-state index is -3.68. The molecule has 1 aliphatic rings. The standard InChI is InChI=1S/C13H19N5O2S/c1-13(2)7-9(13)8-15-21(19,20)12-11(17-14)16-10-5-3-4-6-18(10)12/h3-6,9,15,17H,7-8,14H2,1-2H3. The Bertz CT molecular complexity index is 781. The second kappa shape index (κ2) is 4.69. The number of nitrogens with one attached hydrogen (secondary N) is 2. The van der Waals surface area contributed by atoms with Crippen molar-refractivity contribution < 1.29 is 8.42 Å². The van der Waals surface area contributed by atoms with Crippen molar-refractivity contribution in [2.45, 2.75) is 25.3 Å². The van der Waals surface area contributed by atoms with Crippen LogP contribution in [0.4, 0.5) is 5.82 Å². The Morgan fingerprint density at radius 3 is 2.81 bits per heavy atom. The maximum atomic E-state index is 12.6. The molecule has 8 heteroatoms. The van der Waals surface area contributed by atoms with Crippen LogP contribution in [0.1, 0.15) is 20.3 Å². The maximum Gasteiger partial charge on any atom is 0.260 e. The second-order valence-corrected chi connectivity index (χ2v) is 7.76. The molecule has 1 aliphatic carbocycles. The summed E-state index contributed by atoms with van der Waals surface area (Å²) in [6, 6.07) is 5.26. The molecule has 0 spiro atoms. The summed E-state index contributed by atoms with van der Waals surface area (Å²) < 4.78 is 29.3. The molecule has 0 saturated heterocycles. The van der Waals surface area contributed by atoms with Gasteiger partial charge >= 0.3 is 0 Å². The predicted octanol–water partition coefficient (Wildman–Crippen LogP) is 0.944. The molecule has 1 saturated carbocycles. The topological polar surface area (TPSA) is 102 Å². The van der Waals surface area contributed by atoms with Gasteiger partial charge in [-0.3, -0.25) is 4.40 Å². The molecular weight excluding hydrogens is 290 g/mol. The largest absolute Gasteiger partial charge is 0.306 e. The van der Waals surface area contributed by atoms with E-state index in [0.717, 1.165) is 6.42 Å². The number of anilines is 1. The molecule has 2 aromatic rings. The third-order valence-corrected chi connectivity index (χ3v) is 5.56. The summed E-state index contributed by atoms with van der Waals surface area (Å²) in [7, 11) is -3.68. The van der Waals surface area contributed by atoms with E-state index in [1.807, 2.05) is 0 Å². The molecule has 1 unspecified atom stereocenters. The van der Waals surface area contributed by atoms with E-state index in [1.165, 1.54) is 4.40 Å². The Morgan fingerprint density at radius 2 is 2.19 bits per heavy atom. The highest BCUT2D eigenvalue weighted by atomic mass is 32.2. The monoisotopic (exact) mass is 309 g/mol. The molecule has 0 aliphatic heterocycles. The molecule has 0 amide bonds. The highest BCUT2D eigenvalue weighted by molar-refractivity contribution is 7.89. The van der Waals surface area contributed by atoms with Gasteiger partial charge in [-0.05, 0) is 29.9 Å². The summed E-state index contributed by atoms with van der Waals surface area (Å²) in [5.41, 5.74) is 3.10. The summed E-state index contributed by atoms with van der Waals surface area (Å²) >= 11 is 0. The van der Waals surface area contributed by atoms with Crippen LogP contribution in [0.2, 0.25) is 0 Å². The Hall–Kier alpha value is -1.64. The van der Waals surface area contributed by atoms with Gasteiger partial charge in [0, 0.05) is 12.7 Å². The van der Waals surface area contributed by atoms with Crippen molar-refractivity contribution >= 4 is 21.5 Å². The Labute approximate surface area is 123 Å². The van der Waals surface area contributed by atoms with Crippen LogP contribution in [0.3, 0.4) is 0 Å². The number of imidazole rings is 1. The fraction of sp³-hybridized carbons (Fsp3) is 0.462. The van der Waals surface area contributed by atoms with Crippen LogP contribution < -0.4 is 16.0 Å². The number of fused-ring (bicyclic) bond motifs is 1. The number of aromatic nitrogens is 2. The average Bonchev–Trinajstić information content (AvgIpc) is 2.88. The number of nitrogen functional groups attached to an aromatic ring is 1. The van der Waals surface area contributed by atoms with Gasteiger partial charge in [0.25, 0.3) is 10.0 Å². The van der Waals surface area contributed by atoms with Gasteiger partial charge in [0.1, 0.15) is 5.65 Å². The minimum Gasteiger partial charge on any atom is -0.306 e. The normalized spacial score (nSPS) is 20.6. The zero-order valence-corrected chi connectivity index (χ0v) is 12.8. The van der Waals surface area contributed by atoms with E-state index in [0.29, 0.717) is 18.1 Å². The van der Waals surface area contributed by atoms with Crippen molar-refractivity contribution in [2.24, 2.45) is 17.2 Å². The summed E-state index contributed by atoms with van der Waals surface area (Å²) in [5.74, 6) is 5.92. The fourth-order valence-electron chi connectivity index (χ4n) is 2.53. The molecule has 21 heavy (non-hydrogen) atoms. The first-order valence-corrected chi connectivity index (χ1v) is 8.27. The lowest BCUT2D eigenvalue weighted by atomic mass is 10.1. The SMILES string of the molecule is CC1(C)CC1CNS(=O)(=O)c1c(NN)nc2ccccn12. The third kappa shape index (κ3) is 2.50. The molecule has 4 N–H and O–H groups in total. The number of nitrogens with two attached hydrogens (primary N) is 1. The molecule has 0 bridgehead atoms. The van der Waals surface area contributed by atoms with Crippen molar-refractivity contribution in [3.63, 3.8) is 0 Å². The number of hydrogen-bond donors (Lipinski definition) is 3. The lowest BCUT2D eigenvalue weighted by molar-refractivity contribution is 0.536.